The molecule has 2 aromatic rings. The highest BCUT2D eigenvalue weighted by molar-refractivity contribution is 5.76. The summed E-state index contributed by atoms with van der Waals surface area (Å²) in [6, 6.07) is 5.15. The minimum Gasteiger partial charge on any atom is -0.382 e. The first-order chi connectivity index (χ1) is 9.52. The van der Waals surface area contributed by atoms with Crippen LogP contribution in [0.5, 0.6) is 0 Å². The number of para-hydroxylation sites is 1. The van der Waals surface area contributed by atoms with Crippen LogP contribution in [-0.4, -0.2) is 21.8 Å². The van der Waals surface area contributed by atoms with Crippen LogP contribution in [0.2, 0.25) is 0 Å². The number of nitrogens with one attached hydrogen (secondary N) is 2. The van der Waals surface area contributed by atoms with Gasteiger partial charge in [0.15, 0.2) is 0 Å². The van der Waals surface area contributed by atoms with Crippen LogP contribution >= 0.6 is 0 Å². The summed E-state index contributed by atoms with van der Waals surface area (Å²) in [4.78, 5) is 10.8. The molecule has 7 heteroatoms. The zero-order valence-corrected chi connectivity index (χ0v) is 11.7. The van der Waals surface area contributed by atoms with Gasteiger partial charge in [-0.05, 0) is 19.1 Å². The summed E-state index contributed by atoms with van der Waals surface area (Å²) >= 11 is 0. The molecule has 0 saturated carbocycles. The summed E-state index contributed by atoms with van der Waals surface area (Å²) in [7, 11) is 3.51. The smallest absolute Gasteiger partial charge is 0.315 e. The second-order valence-corrected chi connectivity index (χ2v) is 4.48. The van der Waals surface area contributed by atoms with Crippen molar-refractivity contribution >= 4 is 17.1 Å². The molecule has 1 heterocycles. The maximum Gasteiger partial charge on any atom is 0.315 e. The monoisotopic (exact) mass is 275 g/mol. The Morgan fingerprint density at radius 2 is 2.10 bits per heavy atom. The fourth-order valence-electron chi connectivity index (χ4n) is 2.10. The summed E-state index contributed by atoms with van der Waals surface area (Å²) in [5, 5.41) is 21.4. The van der Waals surface area contributed by atoms with Crippen molar-refractivity contribution in [2.75, 3.05) is 17.7 Å². The lowest BCUT2D eigenvalue weighted by atomic mass is 10.2. The van der Waals surface area contributed by atoms with Crippen molar-refractivity contribution in [3.05, 3.63) is 45.8 Å². The van der Waals surface area contributed by atoms with E-state index >= 15 is 0 Å². The van der Waals surface area contributed by atoms with Crippen molar-refractivity contribution in [1.82, 2.24) is 9.78 Å². The maximum absolute atomic E-state index is 11.2. The number of nitro benzene ring substituents is 1. The number of aryl methyl sites for hydroxylation is 2. The number of anilines is 2. The third kappa shape index (κ3) is 2.71. The molecule has 0 saturated heterocycles. The van der Waals surface area contributed by atoms with Crippen molar-refractivity contribution in [2.24, 2.45) is 7.05 Å². The maximum atomic E-state index is 11.2. The van der Waals surface area contributed by atoms with Crippen LogP contribution in [0.15, 0.2) is 24.4 Å². The van der Waals surface area contributed by atoms with E-state index in [2.05, 4.69) is 15.7 Å². The Kier molecular flexibility index (Phi) is 3.88. The average molecular weight is 275 g/mol. The first-order valence-corrected chi connectivity index (χ1v) is 6.21. The van der Waals surface area contributed by atoms with E-state index in [1.165, 1.54) is 0 Å². The Bertz CT molecular complexity index is 636. The Morgan fingerprint density at radius 1 is 1.40 bits per heavy atom. The summed E-state index contributed by atoms with van der Waals surface area (Å²) < 4.78 is 1.73. The first kappa shape index (κ1) is 13.9. The van der Waals surface area contributed by atoms with Crippen molar-refractivity contribution < 1.29 is 4.92 Å². The van der Waals surface area contributed by atoms with Gasteiger partial charge in [-0.1, -0.05) is 6.07 Å². The van der Waals surface area contributed by atoms with E-state index in [1.54, 1.807) is 29.9 Å². The van der Waals surface area contributed by atoms with Gasteiger partial charge in [0.2, 0.25) is 0 Å². The van der Waals surface area contributed by atoms with Crippen LogP contribution in [0.25, 0.3) is 0 Å². The van der Waals surface area contributed by atoms with Crippen LogP contribution < -0.4 is 10.6 Å². The minimum atomic E-state index is -0.385. The molecule has 1 aromatic heterocycles. The highest BCUT2D eigenvalue weighted by Gasteiger charge is 2.18. The van der Waals surface area contributed by atoms with Crippen LogP contribution in [0.4, 0.5) is 17.1 Å². The number of benzene rings is 1. The van der Waals surface area contributed by atoms with Gasteiger partial charge in [-0.3, -0.25) is 14.8 Å². The summed E-state index contributed by atoms with van der Waals surface area (Å²) in [5.41, 5.74) is 2.95. The minimum absolute atomic E-state index is 0.0524. The Hall–Kier alpha value is -2.57. The summed E-state index contributed by atoms with van der Waals surface area (Å²) in [6.07, 6.45) is 1.90. The molecule has 1 aromatic carbocycles. The number of hydrogen-bond acceptors (Lipinski definition) is 5. The van der Waals surface area contributed by atoms with Crippen molar-refractivity contribution in [3.8, 4) is 0 Å². The van der Waals surface area contributed by atoms with E-state index in [9.17, 15) is 10.1 Å². The quantitative estimate of drug-likeness (QED) is 0.646. The van der Waals surface area contributed by atoms with E-state index in [4.69, 9.17) is 0 Å². The molecule has 0 unspecified atom stereocenters. The van der Waals surface area contributed by atoms with Gasteiger partial charge in [0.25, 0.3) is 0 Å². The Labute approximate surface area is 116 Å². The molecule has 2 rings (SSSR count). The molecule has 0 fully saturated rings. The summed E-state index contributed by atoms with van der Waals surface area (Å²) in [5.74, 6) is 0. The second kappa shape index (κ2) is 5.60. The van der Waals surface area contributed by atoms with Crippen molar-refractivity contribution in [2.45, 2.75) is 13.5 Å². The number of nitrogens with zero attached hydrogens (tertiary/aromatic N) is 3. The third-order valence-corrected chi connectivity index (χ3v) is 3.07. The molecule has 0 aliphatic heterocycles. The molecule has 0 aliphatic rings. The number of hydrogen-bond donors (Lipinski definition) is 2. The van der Waals surface area contributed by atoms with E-state index in [0.29, 0.717) is 17.9 Å². The van der Waals surface area contributed by atoms with Gasteiger partial charge < -0.3 is 10.6 Å². The van der Waals surface area contributed by atoms with Gasteiger partial charge in [-0.2, -0.15) is 5.10 Å². The second-order valence-electron chi connectivity index (χ2n) is 4.48. The Morgan fingerprint density at radius 3 is 2.65 bits per heavy atom. The fraction of sp³-hybridized carbons (Fsp3) is 0.308. The zero-order chi connectivity index (χ0) is 14.7. The molecule has 0 radical (unpaired) electrons. The molecule has 0 amide bonds. The first-order valence-electron chi connectivity index (χ1n) is 6.21. The number of nitro groups is 1. The van der Waals surface area contributed by atoms with Crippen molar-refractivity contribution in [3.63, 3.8) is 0 Å². The lowest BCUT2D eigenvalue weighted by Crippen LogP contribution is -2.05. The normalized spacial score (nSPS) is 10.3. The average Bonchev–Trinajstić information content (AvgIpc) is 2.73. The van der Waals surface area contributed by atoms with Gasteiger partial charge in [0.05, 0.1) is 10.6 Å². The van der Waals surface area contributed by atoms with E-state index in [-0.39, 0.29) is 10.6 Å². The zero-order valence-electron chi connectivity index (χ0n) is 11.7. The van der Waals surface area contributed by atoms with Gasteiger partial charge in [-0.25, -0.2) is 0 Å². The van der Waals surface area contributed by atoms with Crippen LogP contribution in [0, 0.1) is 17.0 Å². The predicted octanol–water partition coefficient (Wildman–Crippen LogP) is 2.29. The molecule has 20 heavy (non-hydrogen) atoms. The molecule has 0 spiro atoms. The van der Waals surface area contributed by atoms with E-state index in [1.807, 2.05) is 20.2 Å². The van der Waals surface area contributed by atoms with Crippen LogP contribution in [-0.2, 0) is 13.6 Å². The molecular weight excluding hydrogens is 258 g/mol. The highest BCUT2D eigenvalue weighted by atomic mass is 16.6. The van der Waals surface area contributed by atoms with Crippen LogP contribution in [0.1, 0.15) is 11.3 Å². The molecule has 7 nitrogen and oxygen atoms in total. The van der Waals surface area contributed by atoms with Gasteiger partial charge >= 0.3 is 5.69 Å². The lowest BCUT2D eigenvalue weighted by Gasteiger charge is -2.09. The number of aromatic nitrogens is 2. The van der Waals surface area contributed by atoms with Crippen molar-refractivity contribution in [1.29, 1.82) is 0 Å². The molecule has 0 aliphatic carbocycles. The molecule has 106 valence electrons. The highest BCUT2D eigenvalue weighted by Crippen LogP contribution is 2.32. The topological polar surface area (TPSA) is 85.0 Å². The summed E-state index contributed by atoms with van der Waals surface area (Å²) in [6.45, 7) is 2.41. The fourth-order valence-corrected chi connectivity index (χ4v) is 2.10. The van der Waals surface area contributed by atoms with Crippen LogP contribution in [0.3, 0.4) is 0 Å². The van der Waals surface area contributed by atoms with Gasteiger partial charge in [0.1, 0.15) is 11.4 Å². The van der Waals surface area contributed by atoms with Gasteiger partial charge in [-0.15, -0.1) is 0 Å². The predicted molar refractivity (Wildman–Crippen MR) is 77.9 cm³/mol. The lowest BCUT2D eigenvalue weighted by molar-refractivity contribution is -0.383. The Balaban J connectivity index is 2.25. The molecule has 0 bridgehead atoms. The standard InChI is InChI=1S/C13H17N5O2/c1-9-10(8-17(3)16-9)7-15-12-6-4-5-11(14-2)13(12)18(19)20/h4-6,8,14-15H,7H2,1-3H3. The van der Waals surface area contributed by atoms with Gasteiger partial charge in [0, 0.05) is 32.4 Å². The largest absolute Gasteiger partial charge is 0.382 e. The molecule has 2 N–H and O–H groups in total. The molecule has 0 atom stereocenters. The molecular formula is C13H17N5O2. The third-order valence-electron chi connectivity index (χ3n) is 3.07. The SMILES string of the molecule is CNc1cccc(NCc2cn(C)nc2C)c1[N+](=O)[O-]. The van der Waals surface area contributed by atoms with E-state index < -0.39 is 0 Å². The van der Waals surface area contributed by atoms with E-state index in [0.717, 1.165) is 11.3 Å². The number of rotatable bonds is 5.